The third-order valence-electron chi connectivity index (χ3n) is 3.57. The summed E-state index contributed by atoms with van der Waals surface area (Å²) < 4.78 is 0. The Labute approximate surface area is 97.9 Å². The lowest BCUT2D eigenvalue weighted by Gasteiger charge is -2.09. The van der Waals surface area contributed by atoms with Crippen LogP contribution in [0.3, 0.4) is 0 Å². The van der Waals surface area contributed by atoms with Crippen molar-refractivity contribution in [2.24, 2.45) is 0 Å². The maximum absolute atomic E-state index is 10.9. The van der Waals surface area contributed by atoms with Gasteiger partial charge in [-0.1, -0.05) is 37.1 Å². The van der Waals surface area contributed by atoms with Crippen LogP contribution < -0.4 is 0 Å². The molecule has 0 heterocycles. The first-order valence-electron chi connectivity index (χ1n) is 6.34. The Bertz CT molecular complexity index is 344. The highest BCUT2D eigenvalue weighted by atomic mass is 16.1. The molecule has 0 unspecified atom stereocenters. The number of benzene rings is 1. The minimum atomic E-state index is 0.278. The Morgan fingerprint density at radius 2 is 1.81 bits per heavy atom. The number of hydrogen-bond donors (Lipinski definition) is 0. The van der Waals surface area contributed by atoms with Crippen LogP contribution in [-0.2, 0) is 11.2 Å². The predicted octanol–water partition coefficient (Wildman–Crippen LogP) is 3.87. The lowest BCUT2D eigenvalue weighted by Crippen LogP contribution is -1.96. The topological polar surface area (TPSA) is 17.1 Å². The Morgan fingerprint density at radius 1 is 1.19 bits per heavy atom. The van der Waals surface area contributed by atoms with E-state index < -0.39 is 0 Å². The highest BCUT2D eigenvalue weighted by Crippen LogP contribution is 2.33. The van der Waals surface area contributed by atoms with Crippen molar-refractivity contribution < 1.29 is 4.79 Å². The van der Waals surface area contributed by atoms with Crippen LogP contribution in [0.4, 0.5) is 0 Å². The van der Waals surface area contributed by atoms with Crippen molar-refractivity contribution in [2.75, 3.05) is 0 Å². The molecule has 0 aromatic heterocycles. The molecule has 0 atom stereocenters. The van der Waals surface area contributed by atoms with E-state index >= 15 is 0 Å². The van der Waals surface area contributed by atoms with Crippen LogP contribution in [0.15, 0.2) is 24.3 Å². The van der Waals surface area contributed by atoms with Gasteiger partial charge >= 0.3 is 0 Å². The number of ketones is 1. The Balaban J connectivity index is 1.95. The second-order valence-electron chi connectivity index (χ2n) is 4.92. The molecule has 1 nitrogen and oxygen atoms in total. The maximum atomic E-state index is 10.9. The number of carbonyl (C=O) groups is 1. The molecule has 0 amide bonds. The molecular weight excluding hydrogens is 196 g/mol. The van der Waals surface area contributed by atoms with Gasteiger partial charge in [-0.3, -0.25) is 0 Å². The van der Waals surface area contributed by atoms with E-state index in [4.69, 9.17) is 0 Å². The van der Waals surface area contributed by atoms with Gasteiger partial charge in [0.05, 0.1) is 0 Å². The van der Waals surface area contributed by atoms with Gasteiger partial charge in [-0.25, -0.2) is 0 Å². The van der Waals surface area contributed by atoms with Gasteiger partial charge in [-0.2, -0.15) is 0 Å². The van der Waals surface area contributed by atoms with Crippen LogP contribution in [0.1, 0.15) is 56.1 Å². The van der Waals surface area contributed by atoms with Crippen LogP contribution in [0, 0.1) is 0 Å². The van der Waals surface area contributed by atoms with E-state index in [-0.39, 0.29) is 5.78 Å². The molecule has 0 aliphatic heterocycles. The average molecular weight is 216 g/mol. The van der Waals surface area contributed by atoms with E-state index in [1.54, 1.807) is 6.92 Å². The molecule has 0 saturated heterocycles. The smallest absolute Gasteiger partial charge is 0.130 e. The van der Waals surface area contributed by atoms with E-state index in [0.717, 1.165) is 12.3 Å². The van der Waals surface area contributed by atoms with Gasteiger partial charge in [0.2, 0.25) is 0 Å². The second-order valence-corrected chi connectivity index (χ2v) is 4.92. The molecule has 0 N–H and O–H groups in total. The van der Waals surface area contributed by atoms with Gasteiger partial charge < -0.3 is 4.79 Å². The number of rotatable bonds is 4. The third-order valence-corrected chi connectivity index (χ3v) is 3.57. The summed E-state index contributed by atoms with van der Waals surface area (Å²) in [5.41, 5.74) is 2.78. The zero-order valence-electron chi connectivity index (χ0n) is 10.0. The van der Waals surface area contributed by atoms with Crippen molar-refractivity contribution in [3.05, 3.63) is 35.4 Å². The zero-order valence-corrected chi connectivity index (χ0v) is 10.0. The minimum Gasteiger partial charge on any atom is -0.300 e. The average Bonchev–Trinajstić information content (AvgIpc) is 2.80. The normalized spacial score (nSPS) is 16.6. The Kier molecular flexibility index (Phi) is 3.76. The molecule has 86 valence electrons. The van der Waals surface area contributed by atoms with Crippen molar-refractivity contribution in [1.29, 1.82) is 0 Å². The van der Waals surface area contributed by atoms with Crippen molar-refractivity contribution in [1.82, 2.24) is 0 Å². The molecule has 2 rings (SSSR count). The van der Waals surface area contributed by atoms with Crippen molar-refractivity contribution in [2.45, 2.75) is 51.4 Å². The summed E-state index contributed by atoms with van der Waals surface area (Å²) in [6.45, 7) is 1.66. The Hall–Kier alpha value is -1.11. The predicted molar refractivity (Wildman–Crippen MR) is 66.7 cm³/mol. The molecule has 1 fully saturated rings. The fraction of sp³-hybridized carbons (Fsp3) is 0.533. The molecule has 1 aliphatic rings. The fourth-order valence-electron chi connectivity index (χ4n) is 2.54. The molecule has 0 bridgehead atoms. The lowest BCUT2D eigenvalue weighted by molar-refractivity contribution is -0.116. The highest BCUT2D eigenvalue weighted by molar-refractivity contribution is 5.75. The summed E-state index contributed by atoms with van der Waals surface area (Å²) in [4.78, 5) is 10.9. The maximum Gasteiger partial charge on any atom is 0.130 e. The second kappa shape index (κ2) is 5.29. The molecule has 1 saturated carbocycles. The summed E-state index contributed by atoms with van der Waals surface area (Å²) in [7, 11) is 0. The highest BCUT2D eigenvalue weighted by Gasteiger charge is 2.16. The van der Waals surface area contributed by atoms with Gasteiger partial charge in [0.25, 0.3) is 0 Å². The first-order valence-corrected chi connectivity index (χ1v) is 6.34. The molecule has 0 radical (unpaired) electrons. The zero-order chi connectivity index (χ0) is 11.4. The van der Waals surface area contributed by atoms with Gasteiger partial charge in [0, 0.05) is 6.42 Å². The van der Waals surface area contributed by atoms with Crippen LogP contribution >= 0.6 is 0 Å². The van der Waals surface area contributed by atoms with E-state index in [1.807, 2.05) is 0 Å². The molecule has 16 heavy (non-hydrogen) atoms. The van der Waals surface area contributed by atoms with E-state index in [2.05, 4.69) is 24.3 Å². The van der Waals surface area contributed by atoms with Crippen molar-refractivity contribution in [3.63, 3.8) is 0 Å². The van der Waals surface area contributed by atoms with E-state index in [1.165, 1.54) is 36.8 Å². The Morgan fingerprint density at radius 3 is 2.38 bits per heavy atom. The number of Topliss-reactive ketones (excluding diaryl/α,β-unsaturated/α-hetero) is 1. The quantitative estimate of drug-likeness (QED) is 0.746. The molecule has 0 spiro atoms. The fourth-order valence-corrected chi connectivity index (χ4v) is 2.54. The van der Waals surface area contributed by atoms with Gasteiger partial charge in [0.15, 0.2) is 0 Å². The lowest BCUT2D eigenvalue weighted by atomic mass is 9.96. The SMILES string of the molecule is CC(=O)CCc1ccc(C2CCCC2)cc1. The third kappa shape index (κ3) is 2.94. The van der Waals surface area contributed by atoms with E-state index in [9.17, 15) is 4.79 Å². The summed E-state index contributed by atoms with van der Waals surface area (Å²) in [5, 5.41) is 0. The van der Waals surface area contributed by atoms with Crippen LogP contribution in [0.2, 0.25) is 0 Å². The van der Waals surface area contributed by atoms with Crippen LogP contribution in [0.25, 0.3) is 0 Å². The molecule has 1 aliphatic carbocycles. The van der Waals surface area contributed by atoms with E-state index in [0.29, 0.717) is 6.42 Å². The molecule has 1 aromatic carbocycles. The van der Waals surface area contributed by atoms with Crippen LogP contribution in [0.5, 0.6) is 0 Å². The van der Waals surface area contributed by atoms with Gasteiger partial charge in [0.1, 0.15) is 5.78 Å². The minimum absolute atomic E-state index is 0.278. The molecular formula is C15H20O. The van der Waals surface area contributed by atoms with Crippen molar-refractivity contribution in [3.8, 4) is 0 Å². The number of carbonyl (C=O) groups excluding carboxylic acids is 1. The summed E-state index contributed by atoms with van der Waals surface area (Å²) in [5.74, 6) is 1.07. The van der Waals surface area contributed by atoms with Gasteiger partial charge in [-0.15, -0.1) is 0 Å². The summed E-state index contributed by atoms with van der Waals surface area (Å²) in [6.07, 6.45) is 7.04. The summed E-state index contributed by atoms with van der Waals surface area (Å²) in [6, 6.07) is 8.89. The molecule has 1 aromatic rings. The van der Waals surface area contributed by atoms with Crippen molar-refractivity contribution >= 4 is 5.78 Å². The summed E-state index contributed by atoms with van der Waals surface area (Å²) >= 11 is 0. The largest absolute Gasteiger partial charge is 0.300 e. The first-order chi connectivity index (χ1) is 7.75. The van der Waals surface area contributed by atoms with Gasteiger partial charge in [-0.05, 0) is 43.2 Å². The molecule has 1 heteroatoms. The number of hydrogen-bond acceptors (Lipinski definition) is 1. The monoisotopic (exact) mass is 216 g/mol. The first kappa shape index (κ1) is 11.4. The standard InChI is InChI=1S/C15H20O/c1-12(16)6-7-13-8-10-15(11-9-13)14-4-2-3-5-14/h8-11,14H,2-7H2,1H3. The number of aryl methyl sites for hydroxylation is 1. The van der Waals surface area contributed by atoms with Crippen LogP contribution in [-0.4, -0.2) is 5.78 Å².